The molecule has 0 aromatic heterocycles. The molecular weight excluding hydrogens is 268 g/mol. The Labute approximate surface area is 114 Å². The second kappa shape index (κ2) is 6.26. The van der Waals surface area contributed by atoms with Gasteiger partial charge in [0.2, 0.25) is 10.0 Å². The summed E-state index contributed by atoms with van der Waals surface area (Å²) in [5.41, 5.74) is 6.03. The maximum atomic E-state index is 12.0. The van der Waals surface area contributed by atoms with Gasteiger partial charge in [0.05, 0.1) is 4.90 Å². The average molecular weight is 286 g/mol. The van der Waals surface area contributed by atoms with Gasteiger partial charge < -0.3 is 5.73 Å². The van der Waals surface area contributed by atoms with Crippen LogP contribution in [0.25, 0.3) is 0 Å². The van der Waals surface area contributed by atoms with Gasteiger partial charge in [0.1, 0.15) is 4.99 Å². The van der Waals surface area contributed by atoms with E-state index in [2.05, 4.69) is 4.72 Å². The van der Waals surface area contributed by atoms with Crippen LogP contribution in [0.2, 0.25) is 0 Å². The molecule has 1 rings (SSSR count). The van der Waals surface area contributed by atoms with Crippen molar-refractivity contribution in [2.24, 2.45) is 11.7 Å². The largest absolute Gasteiger partial charge is 0.389 e. The summed E-state index contributed by atoms with van der Waals surface area (Å²) in [7, 11) is -3.48. The van der Waals surface area contributed by atoms with Crippen LogP contribution in [-0.4, -0.2) is 20.0 Å². The number of benzene rings is 1. The van der Waals surface area contributed by atoms with Gasteiger partial charge in [-0.05, 0) is 24.5 Å². The number of rotatable bonds is 6. The van der Waals surface area contributed by atoms with E-state index in [9.17, 15) is 8.42 Å². The van der Waals surface area contributed by atoms with Crippen LogP contribution < -0.4 is 10.5 Å². The standard InChI is InChI=1S/C12H18N2O2S2/c1-9(2)6-7-14-18(15,16)11-5-3-4-10(8-11)12(13)17/h3-5,8-9,14H,6-7H2,1-2H3,(H2,13,17). The van der Waals surface area contributed by atoms with Crippen molar-refractivity contribution >= 4 is 27.2 Å². The summed E-state index contributed by atoms with van der Waals surface area (Å²) in [4.78, 5) is 0.380. The van der Waals surface area contributed by atoms with E-state index >= 15 is 0 Å². The van der Waals surface area contributed by atoms with Crippen molar-refractivity contribution in [3.8, 4) is 0 Å². The maximum Gasteiger partial charge on any atom is 0.240 e. The summed E-state index contributed by atoms with van der Waals surface area (Å²) in [6.45, 7) is 4.51. The normalized spacial score (nSPS) is 11.7. The third-order valence-electron chi connectivity index (χ3n) is 2.44. The van der Waals surface area contributed by atoms with Crippen molar-refractivity contribution in [1.82, 2.24) is 4.72 Å². The molecule has 0 bridgehead atoms. The average Bonchev–Trinajstić information content (AvgIpc) is 2.28. The minimum Gasteiger partial charge on any atom is -0.389 e. The SMILES string of the molecule is CC(C)CCNS(=O)(=O)c1cccc(C(N)=S)c1. The minimum atomic E-state index is -3.48. The summed E-state index contributed by atoms with van der Waals surface area (Å²) >= 11 is 4.83. The van der Waals surface area contributed by atoms with Crippen molar-refractivity contribution < 1.29 is 8.42 Å². The first-order valence-electron chi connectivity index (χ1n) is 5.72. The van der Waals surface area contributed by atoms with Crippen LogP contribution in [0.15, 0.2) is 29.2 Å². The lowest BCUT2D eigenvalue weighted by Gasteiger charge is -2.09. The molecule has 0 heterocycles. The van der Waals surface area contributed by atoms with Crippen molar-refractivity contribution in [1.29, 1.82) is 0 Å². The minimum absolute atomic E-state index is 0.189. The third kappa shape index (κ3) is 4.36. The van der Waals surface area contributed by atoms with E-state index < -0.39 is 10.0 Å². The molecule has 0 aliphatic carbocycles. The molecule has 0 atom stereocenters. The first-order chi connectivity index (χ1) is 8.33. The van der Waals surface area contributed by atoms with Crippen molar-refractivity contribution in [2.45, 2.75) is 25.2 Å². The molecule has 0 aliphatic heterocycles. The molecule has 6 heteroatoms. The number of hydrogen-bond donors (Lipinski definition) is 2. The van der Waals surface area contributed by atoms with Gasteiger partial charge in [0, 0.05) is 12.1 Å². The van der Waals surface area contributed by atoms with Crippen LogP contribution in [-0.2, 0) is 10.0 Å². The Kier molecular flexibility index (Phi) is 5.25. The van der Waals surface area contributed by atoms with Gasteiger partial charge in [-0.2, -0.15) is 0 Å². The molecular formula is C12H18N2O2S2. The van der Waals surface area contributed by atoms with E-state index in [4.69, 9.17) is 18.0 Å². The van der Waals surface area contributed by atoms with Gasteiger partial charge in [-0.3, -0.25) is 0 Å². The number of nitrogens with one attached hydrogen (secondary N) is 1. The van der Waals surface area contributed by atoms with E-state index in [0.717, 1.165) is 6.42 Å². The summed E-state index contributed by atoms with van der Waals surface area (Å²) < 4.78 is 26.5. The van der Waals surface area contributed by atoms with Gasteiger partial charge in [-0.25, -0.2) is 13.1 Å². The molecule has 4 nitrogen and oxygen atoms in total. The predicted molar refractivity (Wildman–Crippen MR) is 77.0 cm³/mol. The Morgan fingerprint density at radius 1 is 1.44 bits per heavy atom. The van der Waals surface area contributed by atoms with Crippen LogP contribution in [0.4, 0.5) is 0 Å². The highest BCUT2D eigenvalue weighted by Crippen LogP contribution is 2.11. The van der Waals surface area contributed by atoms with Crippen molar-refractivity contribution in [3.05, 3.63) is 29.8 Å². The molecule has 0 unspecified atom stereocenters. The maximum absolute atomic E-state index is 12.0. The second-order valence-electron chi connectivity index (χ2n) is 4.47. The van der Waals surface area contributed by atoms with Crippen LogP contribution in [0.5, 0.6) is 0 Å². The van der Waals surface area contributed by atoms with Gasteiger partial charge in [-0.15, -0.1) is 0 Å². The Morgan fingerprint density at radius 3 is 2.67 bits per heavy atom. The lowest BCUT2D eigenvalue weighted by atomic mass is 10.1. The monoisotopic (exact) mass is 286 g/mol. The highest BCUT2D eigenvalue weighted by Gasteiger charge is 2.14. The van der Waals surface area contributed by atoms with Gasteiger partial charge >= 0.3 is 0 Å². The van der Waals surface area contributed by atoms with Gasteiger partial charge in [-0.1, -0.05) is 38.2 Å². The summed E-state index contributed by atoms with van der Waals surface area (Å²) in [5.74, 6) is 0.454. The first kappa shape index (κ1) is 15.1. The number of sulfonamides is 1. The Morgan fingerprint density at radius 2 is 2.11 bits per heavy atom. The van der Waals surface area contributed by atoms with Crippen LogP contribution in [0.3, 0.4) is 0 Å². The molecule has 1 aromatic rings. The highest BCUT2D eigenvalue weighted by molar-refractivity contribution is 7.89. The van der Waals surface area contributed by atoms with E-state index in [1.54, 1.807) is 12.1 Å². The van der Waals surface area contributed by atoms with Crippen molar-refractivity contribution in [3.63, 3.8) is 0 Å². The summed E-state index contributed by atoms with van der Waals surface area (Å²) in [6, 6.07) is 6.33. The van der Waals surface area contributed by atoms with Crippen molar-refractivity contribution in [2.75, 3.05) is 6.54 Å². The van der Waals surface area contributed by atoms with Crippen LogP contribution >= 0.6 is 12.2 Å². The van der Waals surface area contributed by atoms with E-state index in [0.29, 0.717) is 18.0 Å². The number of thiocarbonyl (C=S) groups is 1. The quantitative estimate of drug-likeness (QED) is 0.780. The molecule has 100 valence electrons. The fourth-order valence-electron chi connectivity index (χ4n) is 1.38. The molecule has 1 aromatic carbocycles. The zero-order valence-electron chi connectivity index (χ0n) is 10.5. The number of hydrogen-bond acceptors (Lipinski definition) is 3. The fourth-order valence-corrected chi connectivity index (χ4v) is 2.60. The Hall–Kier alpha value is -0.980. The molecule has 0 aliphatic rings. The topological polar surface area (TPSA) is 72.2 Å². The fraction of sp³-hybridized carbons (Fsp3) is 0.417. The van der Waals surface area contributed by atoms with Gasteiger partial charge in [0.15, 0.2) is 0 Å². The van der Waals surface area contributed by atoms with E-state index in [1.165, 1.54) is 12.1 Å². The third-order valence-corrected chi connectivity index (χ3v) is 4.14. The van der Waals surface area contributed by atoms with E-state index in [1.807, 2.05) is 13.8 Å². The molecule has 0 fully saturated rings. The van der Waals surface area contributed by atoms with Crippen LogP contribution in [0, 0.1) is 5.92 Å². The Bertz CT molecular complexity index is 525. The molecule has 0 spiro atoms. The molecule has 18 heavy (non-hydrogen) atoms. The highest BCUT2D eigenvalue weighted by atomic mass is 32.2. The Balaban J connectivity index is 2.85. The zero-order chi connectivity index (χ0) is 13.8. The molecule has 0 radical (unpaired) electrons. The molecule has 0 saturated carbocycles. The second-order valence-corrected chi connectivity index (χ2v) is 6.68. The van der Waals surface area contributed by atoms with Gasteiger partial charge in [0.25, 0.3) is 0 Å². The smallest absolute Gasteiger partial charge is 0.240 e. The molecule has 0 amide bonds. The molecule has 3 N–H and O–H groups in total. The number of nitrogens with two attached hydrogens (primary N) is 1. The lowest BCUT2D eigenvalue weighted by molar-refractivity contribution is 0.551. The van der Waals surface area contributed by atoms with Crippen LogP contribution in [0.1, 0.15) is 25.8 Å². The van der Waals surface area contributed by atoms with E-state index in [-0.39, 0.29) is 9.88 Å². The first-order valence-corrected chi connectivity index (χ1v) is 7.61. The predicted octanol–water partition coefficient (Wildman–Crippen LogP) is 1.65. The molecule has 0 saturated heterocycles. The zero-order valence-corrected chi connectivity index (χ0v) is 12.1. The summed E-state index contributed by atoms with van der Waals surface area (Å²) in [6.07, 6.45) is 0.800. The lowest BCUT2D eigenvalue weighted by Crippen LogP contribution is -2.26. The summed E-state index contributed by atoms with van der Waals surface area (Å²) in [5, 5.41) is 0.